The molecule has 0 radical (unpaired) electrons. The SMILES string of the molecule is CCOc1ccc(-c2csc(NC(=O)c3ccccc3OCC3CCCO3)n2)cc1. The van der Waals surface area contributed by atoms with Crippen molar-refractivity contribution in [2.24, 2.45) is 0 Å². The zero-order valence-electron chi connectivity index (χ0n) is 16.8. The number of anilines is 1. The van der Waals surface area contributed by atoms with Crippen molar-refractivity contribution in [1.82, 2.24) is 4.98 Å². The second kappa shape index (κ2) is 9.73. The molecule has 156 valence electrons. The minimum atomic E-state index is -0.245. The number of benzene rings is 2. The lowest BCUT2D eigenvalue weighted by Gasteiger charge is -2.14. The largest absolute Gasteiger partial charge is 0.494 e. The number of carbonyl (C=O) groups is 1. The number of thiazole rings is 1. The van der Waals surface area contributed by atoms with Crippen LogP contribution in [0.2, 0.25) is 0 Å². The van der Waals surface area contributed by atoms with Crippen LogP contribution in [0.25, 0.3) is 11.3 Å². The van der Waals surface area contributed by atoms with Crippen LogP contribution in [0, 0.1) is 0 Å². The van der Waals surface area contributed by atoms with E-state index in [4.69, 9.17) is 14.2 Å². The van der Waals surface area contributed by atoms with E-state index < -0.39 is 0 Å². The van der Waals surface area contributed by atoms with E-state index >= 15 is 0 Å². The van der Waals surface area contributed by atoms with E-state index in [1.54, 1.807) is 12.1 Å². The molecule has 1 atom stereocenters. The van der Waals surface area contributed by atoms with Gasteiger partial charge in [0.05, 0.1) is 24.0 Å². The molecule has 2 heterocycles. The minimum Gasteiger partial charge on any atom is -0.494 e. The third kappa shape index (κ3) is 4.98. The number of aromatic nitrogens is 1. The van der Waals surface area contributed by atoms with Crippen molar-refractivity contribution in [2.45, 2.75) is 25.9 Å². The predicted molar refractivity (Wildman–Crippen MR) is 118 cm³/mol. The number of carbonyl (C=O) groups excluding carboxylic acids is 1. The molecule has 1 unspecified atom stereocenters. The van der Waals surface area contributed by atoms with Gasteiger partial charge in [-0.05, 0) is 56.2 Å². The van der Waals surface area contributed by atoms with E-state index in [9.17, 15) is 4.79 Å². The molecule has 0 saturated carbocycles. The van der Waals surface area contributed by atoms with Gasteiger partial charge in [-0.25, -0.2) is 4.98 Å². The number of hydrogen-bond acceptors (Lipinski definition) is 6. The standard InChI is InChI=1S/C23H24N2O4S/c1-2-27-17-11-9-16(10-12-17)20-15-30-23(24-20)25-22(26)19-7-3-4-8-21(19)29-14-18-6-5-13-28-18/h3-4,7-12,15,18H,2,5-6,13-14H2,1H3,(H,24,25,26). The van der Waals surface area contributed by atoms with E-state index in [0.717, 1.165) is 36.5 Å². The van der Waals surface area contributed by atoms with E-state index in [-0.39, 0.29) is 12.0 Å². The van der Waals surface area contributed by atoms with Crippen molar-refractivity contribution < 1.29 is 19.0 Å². The Bertz CT molecular complexity index is 981. The highest BCUT2D eigenvalue weighted by atomic mass is 32.1. The van der Waals surface area contributed by atoms with Gasteiger partial charge in [0.15, 0.2) is 5.13 Å². The summed E-state index contributed by atoms with van der Waals surface area (Å²) in [5.41, 5.74) is 2.25. The second-order valence-corrected chi connectivity index (χ2v) is 7.75. The summed E-state index contributed by atoms with van der Waals surface area (Å²) in [5, 5.41) is 5.34. The molecule has 30 heavy (non-hydrogen) atoms. The monoisotopic (exact) mass is 424 g/mol. The second-order valence-electron chi connectivity index (χ2n) is 6.89. The molecule has 1 fully saturated rings. The van der Waals surface area contributed by atoms with E-state index in [2.05, 4.69) is 10.3 Å². The Balaban J connectivity index is 1.42. The normalized spacial score (nSPS) is 15.7. The maximum atomic E-state index is 12.8. The summed E-state index contributed by atoms with van der Waals surface area (Å²) in [7, 11) is 0. The predicted octanol–water partition coefficient (Wildman–Crippen LogP) is 5.02. The Hall–Kier alpha value is -2.90. The molecule has 0 spiro atoms. The molecular weight excluding hydrogens is 400 g/mol. The van der Waals surface area contributed by atoms with E-state index in [0.29, 0.717) is 29.7 Å². The van der Waals surface area contributed by atoms with Crippen molar-refractivity contribution in [3.8, 4) is 22.8 Å². The number of hydrogen-bond donors (Lipinski definition) is 1. The summed E-state index contributed by atoms with van der Waals surface area (Å²) in [6.07, 6.45) is 2.13. The third-order valence-electron chi connectivity index (χ3n) is 4.77. The summed E-state index contributed by atoms with van der Waals surface area (Å²) < 4.78 is 16.9. The quantitative estimate of drug-likeness (QED) is 0.550. The zero-order valence-corrected chi connectivity index (χ0v) is 17.6. The zero-order chi connectivity index (χ0) is 20.8. The molecule has 1 saturated heterocycles. The van der Waals surface area contributed by atoms with E-state index in [1.165, 1.54) is 11.3 Å². The summed E-state index contributed by atoms with van der Waals surface area (Å²) in [6, 6.07) is 15.0. The molecule has 3 aromatic rings. The van der Waals surface area contributed by atoms with Gasteiger partial charge in [-0.3, -0.25) is 10.1 Å². The summed E-state index contributed by atoms with van der Waals surface area (Å²) in [6.45, 7) is 3.81. The summed E-state index contributed by atoms with van der Waals surface area (Å²) >= 11 is 1.39. The van der Waals surface area contributed by atoms with Crippen LogP contribution in [0.15, 0.2) is 53.9 Å². The molecule has 0 bridgehead atoms. The fourth-order valence-electron chi connectivity index (χ4n) is 3.26. The maximum Gasteiger partial charge on any atom is 0.261 e. The summed E-state index contributed by atoms with van der Waals surface area (Å²) in [4.78, 5) is 17.4. The van der Waals surface area contributed by atoms with Gasteiger partial charge in [0.2, 0.25) is 0 Å². The Morgan fingerprint density at radius 3 is 2.80 bits per heavy atom. The highest BCUT2D eigenvalue weighted by Gasteiger charge is 2.19. The Morgan fingerprint density at radius 1 is 1.20 bits per heavy atom. The average Bonchev–Trinajstić information content (AvgIpc) is 3.45. The van der Waals surface area contributed by atoms with Crippen molar-refractivity contribution in [1.29, 1.82) is 0 Å². The number of nitrogens with zero attached hydrogens (tertiary/aromatic N) is 1. The van der Waals surface area contributed by atoms with E-state index in [1.807, 2.05) is 48.7 Å². The molecule has 1 aliphatic heterocycles. The first-order valence-corrected chi connectivity index (χ1v) is 10.9. The molecule has 6 nitrogen and oxygen atoms in total. The van der Waals surface area contributed by atoms with Gasteiger partial charge in [-0.15, -0.1) is 11.3 Å². The molecule has 1 aliphatic rings. The van der Waals surface area contributed by atoms with Gasteiger partial charge in [-0.1, -0.05) is 12.1 Å². The van der Waals surface area contributed by atoms with Crippen molar-refractivity contribution in [2.75, 3.05) is 25.1 Å². The molecule has 7 heteroatoms. The van der Waals surface area contributed by atoms with Crippen LogP contribution in [0.4, 0.5) is 5.13 Å². The Kier molecular flexibility index (Phi) is 6.61. The van der Waals surface area contributed by atoms with Crippen LogP contribution in [0.3, 0.4) is 0 Å². The first-order chi connectivity index (χ1) is 14.7. The molecule has 1 aromatic heterocycles. The van der Waals surface area contributed by atoms with Crippen LogP contribution in [0.5, 0.6) is 11.5 Å². The van der Waals surface area contributed by atoms with Crippen LogP contribution < -0.4 is 14.8 Å². The maximum absolute atomic E-state index is 12.8. The fraction of sp³-hybridized carbons (Fsp3) is 0.304. The Labute approximate surface area is 179 Å². The molecule has 1 N–H and O–H groups in total. The molecule has 0 aliphatic carbocycles. The number of para-hydroxylation sites is 1. The van der Waals surface area contributed by atoms with Crippen LogP contribution in [-0.4, -0.2) is 36.8 Å². The van der Waals surface area contributed by atoms with Crippen LogP contribution in [0.1, 0.15) is 30.1 Å². The molecule has 4 rings (SSSR count). The van der Waals surface area contributed by atoms with Crippen LogP contribution >= 0.6 is 11.3 Å². The highest BCUT2D eigenvalue weighted by molar-refractivity contribution is 7.14. The number of nitrogens with one attached hydrogen (secondary N) is 1. The summed E-state index contributed by atoms with van der Waals surface area (Å²) in [5.74, 6) is 1.13. The van der Waals surface area contributed by atoms with Gasteiger partial charge in [0, 0.05) is 17.6 Å². The van der Waals surface area contributed by atoms with Crippen molar-refractivity contribution >= 4 is 22.4 Å². The lowest BCUT2D eigenvalue weighted by Crippen LogP contribution is -2.19. The third-order valence-corrected chi connectivity index (χ3v) is 5.52. The molecule has 1 amide bonds. The number of rotatable bonds is 8. The lowest BCUT2D eigenvalue weighted by molar-refractivity contribution is 0.0673. The number of amides is 1. The molecule has 2 aromatic carbocycles. The van der Waals surface area contributed by atoms with Crippen LogP contribution in [-0.2, 0) is 4.74 Å². The smallest absolute Gasteiger partial charge is 0.261 e. The first-order valence-electron chi connectivity index (χ1n) is 10.1. The minimum absolute atomic E-state index is 0.0942. The average molecular weight is 425 g/mol. The number of ether oxygens (including phenoxy) is 3. The van der Waals surface area contributed by atoms with Gasteiger partial charge in [0.1, 0.15) is 18.1 Å². The van der Waals surface area contributed by atoms with Gasteiger partial charge >= 0.3 is 0 Å². The lowest BCUT2D eigenvalue weighted by atomic mass is 10.2. The topological polar surface area (TPSA) is 69.7 Å². The highest BCUT2D eigenvalue weighted by Crippen LogP contribution is 2.28. The first kappa shape index (κ1) is 20.4. The Morgan fingerprint density at radius 2 is 2.03 bits per heavy atom. The van der Waals surface area contributed by atoms with Gasteiger partial charge in [0.25, 0.3) is 5.91 Å². The van der Waals surface area contributed by atoms with Crippen molar-refractivity contribution in [3.05, 3.63) is 59.5 Å². The van der Waals surface area contributed by atoms with Gasteiger partial charge in [-0.2, -0.15) is 0 Å². The van der Waals surface area contributed by atoms with Gasteiger partial charge < -0.3 is 14.2 Å². The fourth-order valence-corrected chi connectivity index (χ4v) is 3.97. The molecular formula is C23H24N2O4S. The van der Waals surface area contributed by atoms with Crippen molar-refractivity contribution in [3.63, 3.8) is 0 Å².